The van der Waals surface area contributed by atoms with E-state index in [0.717, 1.165) is 0 Å². The monoisotopic (exact) mass is 284 g/mol. The second-order valence-corrected chi connectivity index (χ2v) is 6.44. The summed E-state index contributed by atoms with van der Waals surface area (Å²) in [6.45, 7) is 7.73. The van der Waals surface area contributed by atoms with Gasteiger partial charge < -0.3 is 15.3 Å². The molecule has 20 heavy (non-hydrogen) atoms. The van der Waals surface area contributed by atoms with E-state index in [1.807, 2.05) is 6.92 Å². The summed E-state index contributed by atoms with van der Waals surface area (Å²) in [5, 5.41) is 11.9. The van der Waals surface area contributed by atoms with Crippen LogP contribution in [0.3, 0.4) is 0 Å². The van der Waals surface area contributed by atoms with Crippen LogP contribution in [0.5, 0.6) is 0 Å². The average Bonchev–Trinajstić information content (AvgIpc) is 2.80. The Morgan fingerprint density at radius 1 is 1.30 bits per heavy atom. The van der Waals surface area contributed by atoms with Crippen LogP contribution in [0.4, 0.5) is 0 Å². The molecule has 6 nitrogen and oxygen atoms in total. The van der Waals surface area contributed by atoms with Gasteiger partial charge in [-0.3, -0.25) is 14.4 Å². The highest BCUT2D eigenvalue weighted by molar-refractivity contribution is 5.88. The molecule has 2 N–H and O–H groups in total. The van der Waals surface area contributed by atoms with Crippen molar-refractivity contribution in [3.05, 3.63) is 0 Å². The third-order valence-electron chi connectivity index (χ3n) is 3.92. The van der Waals surface area contributed by atoms with Gasteiger partial charge in [0.15, 0.2) is 0 Å². The molecule has 0 aliphatic carbocycles. The van der Waals surface area contributed by atoms with Crippen LogP contribution >= 0.6 is 0 Å². The van der Waals surface area contributed by atoms with Crippen molar-refractivity contribution in [2.45, 2.75) is 40.5 Å². The summed E-state index contributed by atoms with van der Waals surface area (Å²) < 4.78 is 0. The van der Waals surface area contributed by atoms with Gasteiger partial charge >= 0.3 is 5.97 Å². The van der Waals surface area contributed by atoms with Crippen molar-refractivity contribution in [2.75, 3.05) is 19.6 Å². The lowest BCUT2D eigenvalue weighted by molar-refractivity contribution is -0.148. The number of likely N-dealkylation sites (tertiary alicyclic amines) is 1. The maximum atomic E-state index is 12.0. The van der Waals surface area contributed by atoms with Gasteiger partial charge in [-0.25, -0.2) is 0 Å². The van der Waals surface area contributed by atoms with Gasteiger partial charge in [0.25, 0.3) is 0 Å². The Morgan fingerprint density at radius 2 is 1.90 bits per heavy atom. The first-order valence-corrected chi connectivity index (χ1v) is 6.92. The zero-order chi connectivity index (χ0) is 15.6. The van der Waals surface area contributed by atoms with E-state index >= 15 is 0 Å². The Morgan fingerprint density at radius 3 is 2.30 bits per heavy atom. The highest BCUT2D eigenvalue weighted by Gasteiger charge is 2.44. The molecular formula is C14H24N2O4. The van der Waals surface area contributed by atoms with Crippen LogP contribution < -0.4 is 5.32 Å². The summed E-state index contributed by atoms with van der Waals surface area (Å²) >= 11 is 0. The minimum absolute atomic E-state index is 0.0739. The Labute approximate surface area is 119 Å². The molecule has 0 bridgehead atoms. The number of aliphatic carboxylic acids is 1. The van der Waals surface area contributed by atoms with Crippen molar-refractivity contribution in [2.24, 2.45) is 10.8 Å². The van der Waals surface area contributed by atoms with Crippen LogP contribution in [0.25, 0.3) is 0 Å². The maximum Gasteiger partial charge on any atom is 0.311 e. The zero-order valence-corrected chi connectivity index (χ0v) is 12.7. The highest BCUT2D eigenvalue weighted by atomic mass is 16.4. The molecule has 1 rings (SSSR count). The fourth-order valence-corrected chi connectivity index (χ4v) is 2.23. The number of nitrogens with one attached hydrogen (secondary N) is 1. The van der Waals surface area contributed by atoms with Crippen molar-refractivity contribution in [3.8, 4) is 0 Å². The van der Waals surface area contributed by atoms with E-state index in [9.17, 15) is 19.5 Å². The predicted octanol–water partition coefficient (Wildman–Crippen LogP) is 0.862. The van der Waals surface area contributed by atoms with Crippen LogP contribution in [-0.2, 0) is 14.4 Å². The minimum atomic E-state index is -0.853. The molecule has 1 unspecified atom stereocenters. The second-order valence-electron chi connectivity index (χ2n) is 6.44. The van der Waals surface area contributed by atoms with Crippen molar-refractivity contribution in [1.82, 2.24) is 10.2 Å². The molecule has 0 spiro atoms. The number of rotatable bonds is 4. The molecule has 1 heterocycles. The van der Waals surface area contributed by atoms with Crippen LogP contribution in [0.1, 0.15) is 40.5 Å². The molecule has 6 heteroatoms. The van der Waals surface area contributed by atoms with Crippen molar-refractivity contribution in [3.63, 3.8) is 0 Å². The van der Waals surface area contributed by atoms with Gasteiger partial charge in [-0.1, -0.05) is 27.7 Å². The third kappa shape index (κ3) is 3.49. The fourth-order valence-electron chi connectivity index (χ4n) is 2.23. The first-order chi connectivity index (χ1) is 9.12. The van der Waals surface area contributed by atoms with Gasteiger partial charge in [0.1, 0.15) is 0 Å². The Balaban J connectivity index is 2.55. The normalized spacial score (nSPS) is 22.7. The van der Waals surface area contributed by atoms with Crippen LogP contribution in [0, 0.1) is 10.8 Å². The SMILES string of the molecule is CCC1(C(=O)O)CCN(C(=O)CNC(=O)C(C)(C)C)C1. The summed E-state index contributed by atoms with van der Waals surface area (Å²) in [4.78, 5) is 36.6. The summed E-state index contributed by atoms with van der Waals surface area (Å²) in [6.07, 6.45) is 0.970. The van der Waals surface area contributed by atoms with Crippen molar-refractivity contribution in [1.29, 1.82) is 0 Å². The van der Waals surface area contributed by atoms with E-state index in [-0.39, 0.29) is 24.9 Å². The molecule has 0 aromatic heterocycles. The molecule has 1 atom stereocenters. The largest absolute Gasteiger partial charge is 0.481 e. The molecule has 1 aliphatic rings. The first kappa shape index (κ1) is 16.5. The standard InChI is InChI=1S/C14H24N2O4/c1-5-14(12(19)20)6-7-16(9-14)10(17)8-15-11(18)13(2,3)4/h5-9H2,1-4H3,(H,15,18)(H,19,20). The molecule has 2 amide bonds. The van der Waals surface area contributed by atoms with Gasteiger partial charge in [-0.15, -0.1) is 0 Å². The van der Waals surface area contributed by atoms with E-state index in [0.29, 0.717) is 19.4 Å². The van der Waals surface area contributed by atoms with Gasteiger partial charge in [0.05, 0.1) is 12.0 Å². The summed E-state index contributed by atoms with van der Waals surface area (Å²) in [6, 6.07) is 0. The number of hydrogen-bond donors (Lipinski definition) is 2. The molecule has 0 aromatic carbocycles. The number of carboxylic acid groups (broad SMARTS) is 1. The molecule has 1 fully saturated rings. The Bertz CT molecular complexity index is 414. The lowest BCUT2D eigenvalue weighted by Crippen LogP contribution is -2.44. The first-order valence-electron chi connectivity index (χ1n) is 6.92. The number of hydrogen-bond acceptors (Lipinski definition) is 3. The maximum absolute atomic E-state index is 12.0. The topological polar surface area (TPSA) is 86.7 Å². The van der Waals surface area contributed by atoms with E-state index < -0.39 is 16.8 Å². The van der Waals surface area contributed by atoms with Crippen molar-refractivity contribution >= 4 is 17.8 Å². The summed E-state index contributed by atoms with van der Waals surface area (Å²) in [5.74, 6) is -1.27. The smallest absolute Gasteiger partial charge is 0.311 e. The van der Waals surface area contributed by atoms with Crippen LogP contribution in [0.15, 0.2) is 0 Å². The lowest BCUT2D eigenvalue weighted by atomic mass is 9.84. The number of carboxylic acids is 1. The fraction of sp³-hybridized carbons (Fsp3) is 0.786. The van der Waals surface area contributed by atoms with E-state index in [1.165, 1.54) is 4.90 Å². The van der Waals surface area contributed by atoms with Crippen molar-refractivity contribution < 1.29 is 19.5 Å². The van der Waals surface area contributed by atoms with Crippen LogP contribution in [0.2, 0.25) is 0 Å². The molecule has 114 valence electrons. The number of nitrogens with zero attached hydrogens (tertiary/aromatic N) is 1. The predicted molar refractivity (Wildman–Crippen MR) is 74.0 cm³/mol. The number of carbonyl (C=O) groups excluding carboxylic acids is 2. The van der Waals surface area contributed by atoms with Gasteiger partial charge in [0.2, 0.25) is 11.8 Å². The molecule has 0 aromatic rings. The molecule has 0 radical (unpaired) electrons. The summed E-state index contributed by atoms with van der Waals surface area (Å²) in [7, 11) is 0. The number of amides is 2. The number of carbonyl (C=O) groups is 3. The Hall–Kier alpha value is -1.59. The van der Waals surface area contributed by atoms with E-state index in [4.69, 9.17) is 0 Å². The second kappa shape index (κ2) is 5.81. The lowest BCUT2D eigenvalue weighted by Gasteiger charge is -2.24. The third-order valence-corrected chi connectivity index (χ3v) is 3.92. The molecule has 1 saturated heterocycles. The molecular weight excluding hydrogens is 260 g/mol. The highest BCUT2D eigenvalue weighted by Crippen LogP contribution is 2.34. The average molecular weight is 284 g/mol. The quantitative estimate of drug-likeness (QED) is 0.801. The Kier molecular flexibility index (Phi) is 4.78. The molecule has 0 saturated carbocycles. The van der Waals surface area contributed by atoms with E-state index in [2.05, 4.69) is 5.32 Å². The minimum Gasteiger partial charge on any atom is -0.481 e. The van der Waals surface area contributed by atoms with Gasteiger partial charge in [0, 0.05) is 18.5 Å². The summed E-state index contributed by atoms with van der Waals surface area (Å²) in [5.41, 5.74) is -1.37. The molecule has 1 aliphatic heterocycles. The van der Waals surface area contributed by atoms with Crippen LogP contribution in [-0.4, -0.2) is 47.4 Å². The van der Waals surface area contributed by atoms with Gasteiger partial charge in [-0.05, 0) is 12.8 Å². The zero-order valence-electron chi connectivity index (χ0n) is 12.7. The van der Waals surface area contributed by atoms with E-state index in [1.54, 1.807) is 20.8 Å². The van der Waals surface area contributed by atoms with Gasteiger partial charge in [-0.2, -0.15) is 0 Å².